The van der Waals surface area contributed by atoms with Crippen molar-refractivity contribution in [3.8, 4) is 0 Å². The van der Waals surface area contributed by atoms with Crippen LogP contribution in [0.2, 0.25) is 0 Å². The largest absolute Gasteiger partial charge is 0.341 e. The molecule has 0 unspecified atom stereocenters. The van der Waals surface area contributed by atoms with Gasteiger partial charge in [-0.3, -0.25) is 9.59 Å². The van der Waals surface area contributed by atoms with Gasteiger partial charge < -0.3 is 10.2 Å². The smallest absolute Gasteiger partial charge is 0.237 e. The van der Waals surface area contributed by atoms with E-state index in [1.165, 1.54) is 11.8 Å². The van der Waals surface area contributed by atoms with Gasteiger partial charge >= 0.3 is 0 Å². The summed E-state index contributed by atoms with van der Waals surface area (Å²) in [5.41, 5.74) is 3.15. The molecule has 0 aliphatic carbocycles. The van der Waals surface area contributed by atoms with E-state index in [1.807, 2.05) is 54.6 Å². The molecule has 0 spiro atoms. The summed E-state index contributed by atoms with van der Waals surface area (Å²) < 4.78 is 0. The number of amides is 2. The van der Waals surface area contributed by atoms with Gasteiger partial charge in [0.1, 0.15) is 0 Å². The average Bonchev–Trinajstić information content (AvgIpc) is 2.78. The van der Waals surface area contributed by atoms with E-state index in [-0.39, 0.29) is 17.1 Å². The fraction of sp³-hybridized carbons (Fsp3) is 0.300. The Morgan fingerprint density at radius 2 is 1.88 bits per heavy atom. The van der Waals surface area contributed by atoms with Crippen molar-refractivity contribution in [2.24, 2.45) is 0 Å². The summed E-state index contributed by atoms with van der Waals surface area (Å²) >= 11 is 1.43. The zero-order valence-electron chi connectivity index (χ0n) is 14.3. The van der Waals surface area contributed by atoms with Gasteiger partial charge in [0.15, 0.2) is 0 Å². The van der Waals surface area contributed by atoms with Gasteiger partial charge in [-0.25, -0.2) is 0 Å². The second-order valence-electron chi connectivity index (χ2n) is 6.22. The number of benzene rings is 2. The maximum atomic E-state index is 12.4. The Morgan fingerprint density at radius 1 is 1.16 bits per heavy atom. The number of para-hydroxylation sites is 1. The van der Waals surface area contributed by atoms with Crippen molar-refractivity contribution in [2.75, 3.05) is 18.1 Å². The summed E-state index contributed by atoms with van der Waals surface area (Å²) in [6.07, 6.45) is 1.60. The molecule has 1 aliphatic rings. The van der Waals surface area contributed by atoms with Crippen molar-refractivity contribution in [1.82, 2.24) is 4.90 Å². The van der Waals surface area contributed by atoms with Crippen LogP contribution in [0.1, 0.15) is 17.5 Å². The second-order valence-corrected chi connectivity index (χ2v) is 7.41. The molecule has 4 nitrogen and oxygen atoms in total. The summed E-state index contributed by atoms with van der Waals surface area (Å²) in [6, 6.07) is 17.8. The van der Waals surface area contributed by atoms with E-state index in [9.17, 15) is 9.59 Å². The van der Waals surface area contributed by atoms with Crippen LogP contribution in [0.15, 0.2) is 54.6 Å². The average molecular weight is 354 g/mol. The number of hydrogen-bond acceptors (Lipinski definition) is 3. The molecule has 0 radical (unpaired) electrons. The van der Waals surface area contributed by atoms with Crippen molar-refractivity contribution in [1.29, 1.82) is 0 Å². The lowest BCUT2D eigenvalue weighted by Gasteiger charge is -2.19. The second kappa shape index (κ2) is 8.21. The van der Waals surface area contributed by atoms with Gasteiger partial charge in [0.25, 0.3) is 0 Å². The zero-order chi connectivity index (χ0) is 17.6. The number of fused-ring (bicyclic) bond motifs is 1. The molecule has 0 aromatic heterocycles. The molecule has 3 rings (SSSR count). The minimum atomic E-state index is -0.193. The molecular weight excluding hydrogens is 332 g/mol. The Labute approximate surface area is 152 Å². The summed E-state index contributed by atoms with van der Waals surface area (Å²) in [5.74, 6) is 0.356. The van der Waals surface area contributed by atoms with E-state index in [0.29, 0.717) is 12.3 Å². The highest BCUT2D eigenvalue weighted by Gasteiger charge is 2.25. The van der Waals surface area contributed by atoms with Gasteiger partial charge in [0.05, 0.1) is 11.0 Å². The first-order chi connectivity index (χ1) is 12.1. The van der Waals surface area contributed by atoms with E-state index in [1.54, 1.807) is 11.9 Å². The van der Waals surface area contributed by atoms with Crippen LogP contribution in [-0.2, 0) is 22.6 Å². The molecule has 1 heterocycles. The quantitative estimate of drug-likeness (QED) is 0.896. The molecule has 130 valence electrons. The predicted octanol–water partition coefficient (Wildman–Crippen LogP) is 3.33. The van der Waals surface area contributed by atoms with Crippen molar-refractivity contribution in [3.05, 3.63) is 65.7 Å². The topological polar surface area (TPSA) is 49.4 Å². The van der Waals surface area contributed by atoms with Gasteiger partial charge in [0.2, 0.25) is 11.8 Å². The highest BCUT2D eigenvalue weighted by molar-refractivity contribution is 8.01. The van der Waals surface area contributed by atoms with Crippen LogP contribution >= 0.6 is 11.8 Å². The number of anilines is 1. The third-order valence-corrected chi connectivity index (χ3v) is 5.61. The number of thioether (sulfide) groups is 1. The van der Waals surface area contributed by atoms with Crippen LogP contribution in [0.4, 0.5) is 5.69 Å². The highest BCUT2D eigenvalue weighted by Crippen LogP contribution is 2.27. The Balaban J connectivity index is 1.53. The van der Waals surface area contributed by atoms with Crippen molar-refractivity contribution >= 4 is 29.3 Å². The minimum Gasteiger partial charge on any atom is -0.341 e. The standard InChI is InChI=1S/C20H22N2O2S/c1-22(13-15-7-3-2-4-8-15)19(23)14-25-18-12-11-16-9-5-6-10-17(16)21-20(18)24/h2-10,18H,11-14H2,1H3,(H,21,24)/t18-/m0/s1. The normalized spacial score (nSPS) is 16.5. The summed E-state index contributed by atoms with van der Waals surface area (Å²) in [5, 5.41) is 2.79. The number of nitrogens with one attached hydrogen (secondary N) is 1. The van der Waals surface area contributed by atoms with Gasteiger partial charge in [-0.2, -0.15) is 0 Å². The van der Waals surface area contributed by atoms with Gasteiger partial charge in [0, 0.05) is 19.3 Å². The summed E-state index contributed by atoms with van der Waals surface area (Å²) in [6.45, 7) is 0.586. The molecule has 2 amide bonds. The molecule has 0 saturated carbocycles. The minimum absolute atomic E-state index is 0.00605. The monoisotopic (exact) mass is 354 g/mol. The Bertz CT molecular complexity index is 748. The van der Waals surface area contributed by atoms with E-state index in [4.69, 9.17) is 0 Å². The molecule has 1 N–H and O–H groups in total. The molecule has 0 bridgehead atoms. The molecule has 2 aromatic rings. The highest BCUT2D eigenvalue weighted by atomic mass is 32.2. The number of nitrogens with zero attached hydrogens (tertiary/aromatic N) is 1. The molecule has 1 atom stereocenters. The fourth-order valence-electron chi connectivity index (χ4n) is 2.88. The van der Waals surface area contributed by atoms with Crippen molar-refractivity contribution in [2.45, 2.75) is 24.6 Å². The first-order valence-corrected chi connectivity index (χ1v) is 9.46. The van der Waals surface area contributed by atoms with E-state index >= 15 is 0 Å². The fourth-order valence-corrected chi connectivity index (χ4v) is 3.94. The maximum absolute atomic E-state index is 12.4. The van der Waals surface area contributed by atoms with Gasteiger partial charge in [-0.1, -0.05) is 48.5 Å². The predicted molar refractivity (Wildman–Crippen MR) is 103 cm³/mol. The lowest BCUT2D eigenvalue weighted by Crippen LogP contribution is -2.30. The molecule has 1 aliphatic heterocycles. The molecule has 0 saturated heterocycles. The summed E-state index contributed by atoms with van der Waals surface area (Å²) in [7, 11) is 1.80. The SMILES string of the molecule is CN(Cc1ccccc1)C(=O)CS[C@H]1CCc2ccccc2NC1=O. The lowest BCUT2D eigenvalue weighted by molar-refractivity contribution is -0.127. The first-order valence-electron chi connectivity index (χ1n) is 8.42. The van der Waals surface area contributed by atoms with Gasteiger partial charge in [-0.15, -0.1) is 11.8 Å². The zero-order valence-corrected chi connectivity index (χ0v) is 15.1. The maximum Gasteiger partial charge on any atom is 0.237 e. The van der Waals surface area contributed by atoms with Crippen LogP contribution in [0.5, 0.6) is 0 Å². The number of hydrogen-bond donors (Lipinski definition) is 1. The third kappa shape index (κ3) is 4.63. The van der Waals surface area contributed by atoms with Crippen LogP contribution in [0.3, 0.4) is 0 Å². The van der Waals surface area contributed by atoms with E-state index < -0.39 is 0 Å². The number of carbonyl (C=O) groups is 2. The van der Waals surface area contributed by atoms with Crippen LogP contribution < -0.4 is 5.32 Å². The Kier molecular flexibility index (Phi) is 5.76. The molecule has 25 heavy (non-hydrogen) atoms. The number of carbonyl (C=O) groups excluding carboxylic acids is 2. The Morgan fingerprint density at radius 3 is 2.68 bits per heavy atom. The van der Waals surface area contributed by atoms with Crippen molar-refractivity contribution in [3.63, 3.8) is 0 Å². The molecule has 0 fully saturated rings. The molecule has 5 heteroatoms. The van der Waals surface area contributed by atoms with Crippen LogP contribution in [0, 0.1) is 0 Å². The van der Waals surface area contributed by atoms with Crippen LogP contribution in [-0.4, -0.2) is 34.8 Å². The molecular formula is C20H22N2O2S. The van der Waals surface area contributed by atoms with Crippen LogP contribution in [0.25, 0.3) is 0 Å². The van der Waals surface area contributed by atoms with E-state index in [2.05, 4.69) is 5.32 Å². The van der Waals surface area contributed by atoms with Crippen molar-refractivity contribution < 1.29 is 9.59 Å². The lowest BCUT2D eigenvalue weighted by atomic mass is 10.1. The first kappa shape index (κ1) is 17.5. The van der Waals surface area contributed by atoms with E-state index in [0.717, 1.165) is 29.7 Å². The summed E-state index contributed by atoms with van der Waals surface area (Å²) in [4.78, 5) is 26.5. The number of rotatable bonds is 5. The van der Waals surface area contributed by atoms with Gasteiger partial charge in [-0.05, 0) is 30.0 Å². The molecule has 2 aromatic carbocycles. The number of aryl methyl sites for hydroxylation is 1. The third-order valence-electron chi connectivity index (χ3n) is 4.34. The Hall–Kier alpha value is -2.27.